The van der Waals surface area contributed by atoms with Gasteiger partial charge in [-0.3, -0.25) is 0 Å². The Morgan fingerprint density at radius 2 is 0.923 bits per heavy atom. The van der Waals surface area contributed by atoms with Gasteiger partial charge in [0.05, 0.1) is 0 Å². The van der Waals surface area contributed by atoms with Crippen LogP contribution in [0.15, 0.2) is 0 Å². The van der Waals surface area contributed by atoms with Crippen molar-refractivity contribution in [3.63, 3.8) is 0 Å². The second-order valence-corrected chi connectivity index (χ2v) is 1.95. The minimum atomic E-state index is -4.80. The molecule has 0 rings (SSSR count). The predicted octanol–water partition coefficient (Wildman–Crippen LogP) is -6.80. The van der Waals surface area contributed by atoms with Gasteiger partial charge in [-0.15, -0.1) is 0 Å². The smallest absolute Gasteiger partial charge is 1.00 e. The van der Waals surface area contributed by atoms with Crippen LogP contribution in [-0.2, 0) is 4.63 Å². The van der Waals surface area contributed by atoms with E-state index in [1.807, 2.05) is 0 Å². The van der Waals surface area contributed by atoms with Crippen molar-refractivity contribution >= 4 is 32.1 Å². The quantitative estimate of drug-likeness (QED) is 0.381. The van der Waals surface area contributed by atoms with Crippen molar-refractivity contribution in [1.82, 2.24) is 0 Å². The van der Waals surface area contributed by atoms with E-state index < -0.39 is 9.05 Å². The summed E-state index contributed by atoms with van der Waals surface area (Å²) < 4.78 is 12.6. The Kier molecular flexibility index (Phi) is 157. The van der Waals surface area contributed by atoms with Gasteiger partial charge < -0.3 is 50.1 Å². The molecule has 0 aromatic rings. The Hall–Kier alpha value is 0.513. The molecule has 13 heavy (non-hydrogen) atoms. The Morgan fingerprint density at radius 1 is 0.846 bits per heavy atom. The zero-order chi connectivity index (χ0) is 5.21. The first-order valence-corrected chi connectivity index (χ1v) is 2.78. The van der Waals surface area contributed by atoms with Crippen LogP contribution in [0.25, 0.3) is 0 Å². The SMILES string of the molecule is O.O.O.O.O.O.O[Si](O)(O)OF.[H-].[H-].[Mg+2]. The number of halogens is 1. The molecule has 10 nitrogen and oxygen atoms in total. The van der Waals surface area contributed by atoms with Crippen molar-refractivity contribution < 1.29 is 59.3 Å². The summed E-state index contributed by atoms with van der Waals surface area (Å²) in [5, 5.41) is 0. The van der Waals surface area contributed by atoms with Crippen LogP contribution in [0.1, 0.15) is 2.85 Å². The molecule has 0 aromatic heterocycles. The first kappa shape index (κ1) is 69.6. The fourth-order valence-electron chi connectivity index (χ4n) is 0. The van der Waals surface area contributed by atoms with Gasteiger partial charge in [0, 0.05) is 0 Å². The molecule has 0 aliphatic carbocycles. The molecule has 0 bridgehead atoms. The van der Waals surface area contributed by atoms with Crippen molar-refractivity contribution in [3.05, 3.63) is 0 Å². The van der Waals surface area contributed by atoms with Crippen LogP contribution in [0.4, 0.5) is 4.53 Å². The second-order valence-electron chi connectivity index (χ2n) is 0.651. The fourth-order valence-corrected chi connectivity index (χ4v) is 0. The molecule has 13 heteroatoms. The standard InChI is InChI=1S/FH3O4Si.Mg.6H2O.2H/c1-5-6(2,3)4;;;;;;;;;/h2-4H;;6*1H2;;/q;+2;;;;;;;2*-1. The maximum Gasteiger partial charge on any atom is 2.00 e. The average Bonchev–Trinajstić information content (AvgIpc) is 1.35. The topological polar surface area (TPSA) is 259 Å². The minimum Gasteiger partial charge on any atom is -1.00 e. The van der Waals surface area contributed by atoms with Gasteiger partial charge in [0.15, 0.2) is 0 Å². The maximum absolute atomic E-state index is 10.3. The first-order chi connectivity index (χ1) is 2.56. The molecule has 0 fully saturated rings. The van der Waals surface area contributed by atoms with Crippen LogP contribution in [-0.4, -0.2) is 79.3 Å². The molecule has 0 aromatic carbocycles. The van der Waals surface area contributed by atoms with Gasteiger partial charge in [0.1, 0.15) is 0 Å². The molecule has 0 atom stereocenters. The van der Waals surface area contributed by atoms with E-state index in [4.69, 9.17) is 14.4 Å². The normalized spacial score (nSPS) is 5.54. The largest absolute Gasteiger partial charge is 2.00 e. The minimum absolute atomic E-state index is 0. The van der Waals surface area contributed by atoms with Crippen LogP contribution in [0, 0.1) is 0 Å². The van der Waals surface area contributed by atoms with E-state index in [9.17, 15) is 4.53 Å². The van der Waals surface area contributed by atoms with Crippen LogP contribution >= 0.6 is 0 Å². The summed E-state index contributed by atoms with van der Waals surface area (Å²) in [7, 11) is -4.80. The summed E-state index contributed by atoms with van der Waals surface area (Å²) in [6.07, 6.45) is 0. The third-order valence-electron chi connectivity index (χ3n) is 0.104. The van der Waals surface area contributed by atoms with Crippen molar-refractivity contribution in [1.29, 1.82) is 0 Å². The van der Waals surface area contributed by atoms with Gasteiger partial charge in [-0.05, 0) is 0 Å². The zero-order valence-corrected chi connectivity index (χ0v) is 8.75. The summed E-state index contributed by atoms with van der Waals surface area (Å²) in [5.74, 6) is 0. The summed E-state index contributed by atoms with van der Waals surface area (Å²) in [6.45, 7) is 0. The molecule has 15 N–H and O–H groups in total. The average molecular weight is 249 g/mol. The molecular formula is H17FMgO10Si. The van der Waals surface area contributed by atoms with E-state index >= 15 is 0 Å². The van der Waals surface area contributed by atoms with Gasteiger partial charge >= 0.3 is 32.1 Å². The molecule has 0 aliphatic heterocycles. The third kappa shape index (κ3) is 112. The molecule has 0 saturated carbocycles. The molecular weight excluding hydrogens is 231 g/mol. The molecule has 0 radical (unpaired) electrons. The van der Waals surface area contributed by atoms with Gasteiger partial charge in [-0.2, -0.15) is 4.63 Å². The molecule has 0 saturated heterocycles. The summed E-state index contributed by atoms with van der Waals surface area (Å²) in [6, 6.07) is 0. The molecule has 0 spiro atoms. The Bertz CT molecular complexity index is 53.2. The van der Waals surface area contributed by atoms with E-state index in [2.05, 4.69) is 4.63 Å². The molecule has 0 unspecified atom stereocenters. The van der Waals surface area contributed by atoms with E-state index in [0.29, 0.717) is 0 Å². The summed E-state index contributed by atoms with van der Waals surface area (Å²) in [4.78, 5) is 22.4. The predicted molar refractivity (Wildman–Crippen MR) is 44.3 cm³/mol. The first-order valence-electron chi connectivity index (χ1n) is 1.03. The fraction of sp³-hybridized carbons (Fsp3) is 0. The van der Waals surface area contributed by atoms with E-state index in [1.54, 1.807) is 0 Å². The third-order valence-corrected chi connectivity index (χ3v) is 0.311. The Balaban J connectivity index is -0.00000000347. The van der Waals surface area contributed by atoms with E-state index in [1.165, 1.54) is 0 Å². The number of hydrogen-bond donors (Lipinski definition) is 3. The van der Waals surface area contributed by atoms with Crippen molar-refractivity contribution in [3.8, 4) is 0 Å². The number of rotatable bonds is 1. The summed E-state index contributed by atoms with van der Waals surface area (Å²) in [5.41, 5.74) is 0. The molecule has 90 valence electrons. The monoisotopic (exact) mass is 248 g/mol. The van der Waals surface area contributed by atoms with E-state index in [-0.39, 0.29) is 58.8 Å². The van der Waals surface area contributed by atoms with Crippen LogP contribution in [0.5, 0.6) is 0 Å². The van der Waals surface area contributed by atoms with Crippen LogP contribution in [0.2, 0.25) is 0 Å². The molecule has 0 amide bonds. The van der Waals surface area contributed by atoms with Crippen molar-refractivity contribution in [2.24, 2.45) is 0 Å². The molecule has 0 heterocycles. The maximum atomic E-state index is 10.3. The summed E-state index contributed by atoms with van der Waals surface area (Å²) >= 11 is 0. The van der Waals surface area contributed by atoms with Gasteiger partial charge in [0.25, 0.3) is 0 Å². The van der Waals surface area contributed by atoms with E-state index in [0.717, 1.165) is 0 Å². The zero-order valence-electron chi connectivity index (χ0n) is 8.33. The molecule has 0 aliphatic rings. The second kappa shape index (κ2) is 29.4. The van der Waals surface area contributed by atoms with Gasteiger partial charge in [-0.1, -0.05) is 4.53 Å². The Labute approximate surface area is 91.9 Å². The Morgan fingerprint density at radius 3 is 0.923 bits per heavy atom. The van der Waals surface area contributed by atoms with Crippen LogP contribution in [0.3, 0.4) is 0 Å². The van der Waals surface area contributed by atoms with Gasteiger partial charge in [0.2, 0.25) is 0 Å². The van der Waals surface area contributed by atoms with Crippen LogP contribution < -0.4 is 0 Å². The van der Waals surface area contributed by atoms with Gasteiger partial charge in [-0.25, -0.2) is 0 Å². The van der Waals surface area contributed by atoms with Crippen molar-refractivity contribution in [2.75, 3.05) is 0 Å². The van der Waals surface area contributed by atoms with Crippen molar-refractivity contribution in [2.45, 2.75) is 0 Å². The number of hydrogen-bond acceptors (Lipinski definition) is 4.